The Morgan fingerprint density at radius 2 is 1.71 bits per heavy atom. The van der Waals surface area contributed by atoms with Gasteiger partial charge in [0.2, 0.25) is 10.0 Å². The summed E-state index contributed by atoms with van der Waals surface area (Å²) in [6, 6.07) is -0.278. The molecule has 0 aliphatic rings. The number of nitrogens with one attached hydrogen (secondary N) is 1. The maximum absolute atomic E-state index is 12.3. The van der Waals surface area contributed by atoms with Gasteiger partial charge in [0.1, 0.15) is 0 Å². The minimum Gasteiger partial charge on any atom is -0.302 e. The molecule has 0 aromatic carbocycles. The van der Waals surface area contributed by atoms with Crippen molar-refractivity contribution in [2.24, 2.45) is 20.0 Å². The van der Waals surface area contributed by atoms with Gasteiger partial charge < -0.3 is 4.57 Å². The lowest BCUT2D eigenvalue weighted by Gasteiger charge is -2.15. The summed E-state index contributed by atoms with van der Waals surface area (Å²) in [4.78, 5) is 23.1. The minimum atomic E-state index is -3.94. The molecule has 0 aliphatic carbocycles. The van der Waals surface area contributed by atoms with Crippen molar-refractivity contribution >= 4 is 10.0 Å². The molecular formula is C13H23N3O4S. The molecule has 120 valence electrons. The van der Waals surface area contributed by atoms with E-state index >= 15 is 0 Å². The molecule has 1 atom stereocenters. The standard InChI is InChI=1S/C13H23N3O4S/c1-9(2)6-7-10(3)14-21(19,20)11-8-15(4)13(18)16(5)12(11)17/h8-10,14H,6-7H2,1-5H3. The predicted octanol–water partition coefficient (Wildman–Crippen LogP) is 0.187. The third-order valence-electron chi connectivity index (χ3n) is 3.24. The Bertz CT molecular complexity index is 716. The first kappa shape index (κ1) is 17.6. The number of nitrogens with zero attached hydrogens (tertiary/aromatic N) is 2. The summed E-state index contributed by atoms with van der Waals surface area (Å²) in [7, 11) is -1.28. The lowest BCUT2D eigenvalue weighted by Crippen LogP contribution is -2.43. The van der Waals surface area contributed by atoms with Gasteiger partial charge in [-0.15, -0.1) is 0 Å². The van der Waals surface area contributed by atoms with Crippen LogP contribution >= 0.6 is 0 Å². The third kappa shape index (κ3) is 4.28. The average Bonchev–Trinajstić information content (AvgIpc) is 2.37. The van der Waals surface area contributed by atoms with Gasteiger partial charge in [0.15, 0.2) is 4.90 Å². The highest BCUT2D eigenvalue weighted by Gasteiger charge is 2.23. The van der Waals surface area contributed by atoms with Crippen molar-refractivity contribution in [2.75, 3.05) is 0 Å². The van der Waals surface area contributed by atoms with Gasteiger partial charge in [-0.1, -0.05) is 13.8 Å². The van der Waals surface area contributed by atoms with Crippen LogP contribution in [-0.2, 0) is 24.1 Å². The SMILES string of the molecule is CC(C)CCC(C)NS(=O)(=O)c1cn(C)c(=O)n(C)c1=O. The zero-order chi connectivity index (χ0) is 16.4. The highest BCUT2D eigenvalue weighted by molar-refractivity contribution is 7.89. The molecule has 1 aromatic rings. The number of rotatable bonds is 6. The van der Waals surface area contributed by atoms with E-state index in [9.17, 15) is 18.0 Å². The summed E-state index contributed by atoms with van der Waals surface area (Å²) >= 11 is 0. The molecule has 1 rings (SSSR count). The Hall–Kier alpha value is -1.41. The molecule has 1 heterocycles. The first-order chi connectivity index (χ1) is 9.56. The van der Waals surface area contributed by atoms with Crippen LogP contribution in [-0.4, -0.2) is 23.6 Å². The number of hydrogen-bond donors (Lipinski definition) is 1. The lowest BCUT2D eigenvalue weighted by molar-refractivity contribution is 0.484. The van der Waals surface area contributed by atoms with Gasteiger partial charge >= 0.3 is 5.69 Å². The van der Waals surface area contributed by atoms with Gasteiger partial charge in [-0.3, -0.25) is 9.36 Å². The fourth-order valence-corrected chi connectivity index (χ4v) is 3.37. The van der Waals surface area contributed by atoms with Crippen molar-refractivity contribution in [3.63, 3.8) is 0 Å². The zero-order valence-electron chi connectivity index (χ0n) is 13.1. The summed E-state index contributed by atoms with van der Waals surface area (Å²) in [6.07, 6.45) is 2.63. The van der Waals surface area contributed by atoms with Gasteiger partial charge in [0.05, 0.1) is 0 Å². The Kier molecular flexibility index (Phi) is 5.52. The fraction of sp³-hybridized carbons (Fsp3) is 0.692. The average molecular weight is 317 g/mol. The molecule has 21 heavy (non-hydrogen) atoms. The second-order valence-corrected chi connectivity index (χ2v) is 7.43. The molecule has 0 fully saturated rings. The summed E-state index contributed by atoms with van der Waals surface area (Å²) in [5.41, 5.74) is -1.38. The van der Waals surface area contributed by atoms with Crippen LogP contribution in [0.5, 0.6) is 0 Å². The largest absolute Gasteiger partial charge is 0.330 e. The maximum atomic E-state index is 12.3. The van der Waals surface area contributed by atoms with Gasteiger partial charge in [-0.05, 0) is 25.7 Å². The van der Waals surface area contributed by atoms with Crippen LogP contribution in [0.1, 0.15) is 33.6 Å². The van der Waals surface area contributed by atoms with Crippen LogP contribution in [0.4, 0.5) is 0 Å². The van der Waals surface area contributed by atoms with E-state index in [4.69, 9.17) is 0 Å². The molecule has 0 saturated carbocycles. The molecule has 7 nitrogen and oxygen atoms in total. The van der Waals surface area contributed by atoms with E-state index in [0.29, 0.717) is 12.3 Å². The smallest absolute Gasteiger partial charge is 0.302 e. The Morgan fingerprint density at radius 1 is 1.14 bits per heavy atom. The summed E-state index contributed by atoms with van der Waals surface area (Å²) in [5, 5.41) is 0. The zero-order valence-corrected chi connectivity index (χ0v) is 13.9. The van der Waals surface area contributed by atoms with Gasteiger partial charge in [0.25, 0.3) is 5.56 Å². The van der Waals surface area contributed by atoms with Gasteiger partial charge in [0, 0.05) is 26.3 Å². The molecule has 0 bridgehead atoms. The summed E-state index contributed by atoms with van der Waals surface area (Å²) in [5.74, 6) is 0.474. The molecule has 0 aliphatic heterocycles. The van der Waals surface area contributed by atoms with Crippen molar-refractivity contribution < 1.29 is 8.42 Å². The van der Waals surface area contributed by atoms with Crippen LogP contribution in [0.3, 0.4) is 0 Å². The molecule has 0 amide bonds. The van der Waals surface area contributed by atoms with E-state index in [1.807, 2.05) is 0 Å². The molecule has 1 aromatic heterocycles. The van der Waals surface area contributed by atoms with E-state index in [1.54, 1.807) is 6.92 Å². The van der Waals surface area contributed by atoms with Crippen LogP contribution in [0.15, 0.2) is 20.7 Å². The minimum absolute atomic E-state index is 0.278. The van der Waals surface area contributed by atoms with Gasteiger partial charge in [-0.2, -0.15) is 0 Å². The van der Waals surface area contributed by atoms with Crippen molar-refractivity contribution in [1.29, 1.82) is 0 Å². The van der Waals surface area contributed by atoms with Crippen LogP contribution in [0, 0.1) is 5.92 Å². The molecule has 1 N–H and O–H groups in total. The number of aryl methyl sites for hydroxylation is 1. The molecule has 1 unspecified atom stereocenters. The first-order valence-corrected chi connectivity index (χ1v) is 8.33. The van der Waals surface area contributed by atoms with Crippen molar-refractivity contribution in [2.45, 2.75) is 44.6 Å². The Morgan fingerprint density at radius 3 is 2.24 bits per heavy atom. The molecular weight excluding hydrogens is 294 g/mol. The third-order valence-corrected chi connectivity index (χ3v) is 4.81. The van der Waals surface area contributed by atoms with Crippen LogP contribution in [0.25, 0.3) is 0 Å². The topological polar surface area (TPSA) is 90.2 Å². The molecule has 0 saturated heterocycles. The Labute approximate surface area is 124 Å². The van der Waals surface area contributed by atoms with Crippen molar-refractivity contribution in [3.8, 4) is 0 Å². The van der Waals surface area contributed by atoms with Crippen molar-refractivity contribution in [1.82, 2.24) is 13.9 Å². The van der Waals surface area contributed by atoms with E-state index in [0.717, 1.165) is 21.8 Å². The van der Waals surface area contributed by atoms with Crippen LogP contribution in [0.2, 0.25) is 0 Å². The van der Waals surface area contributed by atoms with E-state index in [1.165, 1.54) is 14.1 Å². The normalized spacial score (nSPS) is 13.6. The summed E-state index contributed by atoms with van der Waals surface area (Å²) < 4.78 is 28.9. The first-order valence-electron chi connectivity index (χ1n) is 6.85. The van der Waals surface area contributed by atoms with Gasteiger partial charge in [-0.25, -0.2) is 17.9 Å². The van der Waals surface area contributed by atoms with E-state index in [2.05, 4.69) is 18.6 Å². The van der Waals surface area contributed by atoms with Crippen molar-refractivity contribution in [3.05, 3.63) is 27.0 Å². The molecule has 0 radical (unpaired) electrons. The maximum Gasteiger partial charge on any atom is 0.330 e. The monoisotopic (exact) mass is 317 g/mol. The number of aromatic nitrogens is 2. The van der Waals surface area contributed by atoms with E-state index < -0.39 is 26.2 Å². The highest BCUT2D eigenvalue weighted by atomic mass is 32.2. The fourth-order valence-electron chi connectivity index (χ4n) is 1.93. The predicted molar refractivity (Wildman–Crippen MR) is 80.8 cm³/mol. The summed E-state index contributed by atoms with van der Waals surface area (Å²) in [6.45, 7) is 5.88. The number of sulfonamides is 1. The van der Waals surface area contributed by atoms with E-state index in [-0.39, 0.29) is 6.04 Å². The number of hydrogen-bond acceptors (Lipinski definition) is 4. The van der Waals surface area contributed by atoms with Crippen LogP contribution < -0.4 is 16.0 Å². The second kappa shape index (κ2) is 6.57. The lowest BCUT2D eigenvalue weighted by atomic mass is 10.1. The quantitative estimate of drug-likeness (QED) is 0.811. The molecule has 0 spiro atoms. The molecule has 8 heteroatoms. The second-order valence-electron chi connectivity index (χ2n) is 5.74. The Balaban J connectivity index is 3.10. The highest BCUT2D eigenvalue weighted by Crippen LogP contribution is 2.09.